The monoisotopic (exact) mass is 421 g/mol. The molecule has 0 unspecified atom stereocenters. The third-order valence-electron chi connectivity index (χ3n) is 4.91. The van der Waals surface area contributed by atoms with Crippen molar-refractivity contribution in [2.24, 2.45) is 5.92 Å². The summed E-state index contributed by atoms with van der Waals surface area (Å²) in [5, 5.41) is 2.96. The van der Waals surface area contributed by atoms with Crippen LogP contribution in [0.15, 0.2) is 47.5 Å². The molecule has 1 aromatic carbocycles. The molecule has 1 N–H and O–H groups in total. The molecule has 1 aliphatic heterocycles. The second kappa shape index (κ2) is 8.59. The Morgan fingerprint density at radius 3 is 2.79 bits per heavy atom. The zero-order valence-corrected chi connectivity index (χ0v) is 17.5. The Hall–Kier alpha value is -1.96. The summed E-state index contributed by atoms with van der Waals surface area (Å²) in [4.78, 5) is 16.9. The molecular formula is C20H24ClN3O3S. The largest absolute Gasteiger partial charge is 0.344 e. The van der Waals surface area contributed by atoms with Crippen LogP contribution in [0.4, 0.5) is 0 Å². The highest BCUT2D eigenvalue weighted by molar-refractivity contribution is 7.89. The zero-order chi connectivity index (χ0) is 20.3. The Morgan fingerprint density at radius 1 is 1.32 bits per heavy atom. The van der Waals surface area contributed by atoms with E-state index in [1.54, 1.807) is 12.3 Å². The van der Waals surface area contributed by atoms with E-state index in [9.17, 15) is 13.2 Å². The maximum absolute atomic E-state index is 13.1. The molecule has 0 saturated carbocycles. The number of halogens is 1. The summed E-state index contributed by atoms with van der Waals surface area (Å²) in [6.45, 7) is 4.79. The number of amides is 1. The Bertz CT molecular complexity index is 950. The van der Waals surface area contributed by atoms with E-state index >= 15 is 0 Å². The molecule has 0 bridgehead atoms. The lowest BCUT2D eigenvalue weighted by Crippen LogP contribution is -2.39. The first kappa shape index (κ1) is 20.8. The minimum Gasteiger partial charge on any atom is -0.344 e. The first-order valence-corrected chi connectivity index (χ1v) is 11.1. The summed E-state index contributed by atoms with van der Waals surface area (Å²) in [5.74, 6) is -0.0775. The SMILES string of the molecule is C[C@@H]1CCCN(S(=O)(=O)c2cc(C(=O)N[C@H](C)c3ccccn3)ccc2Cl)C1. The van der Waals surface area contributed by atoms with E-state index in [-0.39, 0.29) is 27.4 Å². The molecule has 2 aromatic rings. The Kier molecular flexibility index (Phi) is 6.37. The first-order valence-electron chi connectivity index (χ1n) is 9.30. The van der Waals surface area contributed by atoms with Crippen LogP contribution in [-0.2, 0) is 10.0 Å². The van der Waals surface area contributed by atoms with E-state index in [1.165, 1.54) is 22.5 Å². The minimum atomic E-state index is -3.75. The van der Waals surface area contributed by atoms with Gasteiger partial charge in [-0.1, -0.05) is 24.6 Å². The van der Waals surface area contributed by atoms with Gasteiger partial charge in [-0.15, -0.1) is 0 Å². The van der Waals surface area contributed by atoms with Gasteiger partial charge >= 0.3 is 0 Å². The van der Waals surface area contributed by atoms with E-state index in [4.69, 9.17) is 11.6 Å². The fraction of sp³-hybridized carbons (Fsp3) is 0.400. The molecular weight excluding hydrogens is 398 g/mol. The Labute approximate surface area is 171 Å². The third-order valence-corrected chi connectivity index (χ3v) is 7.26. The molecule has 1 fully saturated rings. The summed E-state index contributed by atoms with van der Waals surface area (Å²) >= 11 is 6.20. The van der Waals surface area contributed by atoms with Crippen molar-refractivity contribution in [2.45, 2.75) is 37.6 Å². The van der Waals surface area contributed by atoms with Crippen LogP contribution in [-0.4, -0.2) is 36.7 Å². The number of rotatable bonds is 5. The highest BCUT2D eigenvalue weighted by Crippen LogP contribution is 2.29. The van der Waals surface area contributed by atoms with Crippen LogP contribution in [0.2, 0.25) is 5.02 Å². The Morgan fingerprint density at radius 2 is 2.11 bits per heavy atom. The van der Waals surface area contributed by atoms with Crippen molar-refractivity contribution in [1.29, 1.82) is 0 Å². The van der Waals surface area contributed by atoms with E-state index in [0.29, 0.717) is 19.0 Å². The van der Waals surface area contributed by atoms with Gasteiger partial charge in [0.15, 0.2) is 0 Å². The minimum absolute atomic E-state index is 0.0265. The van der Waals surface area contributed by atoms with Gasteiger partial charge in [0, 0.05) is 24.8 Å². The lowest BCUT2D eigenvalue weighted by Gasteiger charge is -2.30. The van der Waals surface area contributed by atoms with Crippen molar-refractivity contribution in [3.05, 3.63) is 58.9 Å². The van der Waals surface area contributed by atoms with E-state index in [0.717, 1.165) is 18.5 Å². The topological polar surface area (TPSA) is 79.4 Å². The zero-order valence-electron chi connectivity index (χ0n) is 15.9. The molecule has 1 aromatic heterocycles. The van der Waals surface area contributed by atoms with Crippen molar-refractivity contribution < 1.29 is 13.2 Å². The average molecular weight is 422 g/mol. The highest BCUT2D eigenvalue weighted by Gasteiger charge is 2.31. The number of carbonyl (C=O) groups is 1. The van der Waals surface area contributed by atoms with Crippen LogP contribution in [0.1, 0.15) is 48.8 Å². The molecule has 6 nitrogen and oxygen atoms in total. The number of carbonyl (C=O) groups excluding carboxylic acids is 1. The second-order valence-electron chi connectivity index (χ2n) is 7.21. The molecule has 28 heavy (non-hydrogen) atoms. The maximum Gasteiger partial charge on any atom is 0.251 e. The molecule has 0 spiro atoms. The standard InChI is InChI=1S/C20H24ClN3O3S/c1-14-6-5-11-24(13-14)28(26,27)19-12-16(8-9-17(19)21)20(25)23-15(2)18-7-3-4-10-22-18/h3-4,7-10,12,14-15H,5-6,11,13H2,1-2H3,(H,23,25)/t14-,15-/m1/s1. The van der Waals surface area contributed by atoms with Crippen LogP contribution in [0, 0.1) is 5.92 Å². The van der Waals surface area contributed by atoms with Crippen molar-refractivity contribution in [2.75, 3.05) is 13.1 Å². The molecule has 0 radical (unpaired) electrons. The summed E-state index contributed by atoms with van der Waals surface area (Å²) in [6.07, 6.45) is 3.48. The van der Waals surface area contributed by atoms with Gasteiger partial charge < -0.3 is 5.32 Å². The Balaban J connectivity index is 1.83. The van der Waals surface area contributed by atoms with Crippen LogP contribution in [0.3, 0.4) is 0 Å². The number of benzene rings is 1. The van der Waals surface area contributed by atoms with E-state index < -0.39 is 10.0 Å². The molecule has 0 aliphatic carbocycles. The third kappa shape index (κ3) is 4.54. The van der Waals surface area contributed by atoms with Gasteiger partial charge in [-0.25, -0.2) is 8.42 Å². The van der Waals surface area contributed by atoms with Crippen molar-refractivity contribution in [1.82, 2.24) is 14.6 Å². The molecule has 2 atom stereocenters. The number of pyridine rings is 1. The predicted molar refractivity (Wildman–Crippen MR) is 109 cm³/mol. The average Bonchev–Trinajstić information content (AvgIpc) is 2.68. The molecule has 3 rings (SSSR count). The van der Waals surface area contributed by atoms with Gasteiger partial charge in [0.05, 0.1) is 16.8 Å². The number of nitrogens with zero attached hydrogens (tertiary/aromatic N) is 2. The smallest absolute Gasteiger partial charge is 0.251 e. The normalized spacial score (nSPS) is 19.2. The first-order chi connectivity index (χ1) is 13.3. The van der Waals surface area contributed by atoms with Crippen molar-refractivity contribution >= 4 is 27.5 Å². The van der Waals surface area contributed by atoms with E-state index in [1.807, 2.05) is 26.0 Å². The number of piperidine rings is 1. The maximum atomic E-state index is 13.1. The van der Waals surface area contributed by atoms with Gasteiger partial charge in [0.25, 0.3) is 5.91 Å². The predicted octanol–water partition coefficient (Wildman–Crippen LogP) is 3.65. The van der Waals surface area contributed by atoms with Gasteiger partial charge in [0.2, 0.25) is 10.0 Å². The molecule has 1 amide bonds. The number of hydrogen-bond acceptors (Lipinski definition) is 4. The number of sulfonamides is 1. The van der Waals surface area contributed by atoms with Crippen LogP contribution < -0.4 is 5.32 Å². The van der Waals surface area contributed by atoms with E-state index in [2.05, 4.69) is 10.3 Å². The van der Waals surface area contributed by atoms with Gasteiger partial charge in [-0.2, -0.15) is 4.31 Å². The fourth-order valence-corrected chi connectivity index (χ4v) is 5.43. The molecule has 2 heterocycles. The van der Waals surface area contributed by atoms with Crippen molar-refractivity contribution in [3.63, 3.8) is 0 Å². The van der Waals surface area contributed by atoms with Gasteiger partial charge in [0.1, 0.15) is 4.90 Å². The fourth-order valence-electron chi connectivity index (χ4n) is 3.33. The highest BCUT2D eigenvalue weighted by atomic mass is 35.5. The van der Waals surface area contributed by atoms with Crippen LogP contribution in [0.5, 0.6) is 0 Å². The quantitative estimate of drug-likeness (QED) is 0.799. The number of aromatic nitrogens is 1. The van der Waals surface area contributed by atoms with Crippen LogP contribution in [0.25, 0.3) is 0 Å². The van der Waals surface area contributed by atoms with Crippen molar-refractivity contribution in [3.8, 4) is 0 Å². The van der Waals surface area contributed by atoms with Gasteiger partial charge in [-0.05, 0) is 56.0 Å². The number of hydrogen-bond donors (Lipinski definition) is 1. The summed E-state index contributed by atoms with van der Waals surface area (Å²) in [5.41, 5.74) is 0.968. The molecule has 150 valence electrons. The molecule has 1 aliphatic rings. The lowest BCUT2D eigenvalue weighted by atomic mass is 10.0. The number of nitrogens with one attached hydrogen (secondary N) is 1. The lowest BCUT2D eigenvalue weighted by molar-refractivity contribution is 0.0939. The molecule has 1 saturated heterocycles. The molecule has 8 heteroatoms. The second-order valence-corrected chi connectivity index (χ2v) is 9.52. The van der Waals surface area contributed by atoms with Gasteiger partial charge in [-0.3, -0.25) is 9.78 Å². The summed E-state index contributed by atoms with van der Waals surface area (Å²) in [7, 11) is -3.75. The van der Waals surface area contributed by atoms with Crippen LogP contribution >= 0.6 is 11.6 Å². The summed E-state index contributed by atoms with van der Waals surface area (Å²) < 4.78 is 27.6. The summed E-state index contributed by atoms with van der Waals surface area (Å²) in [6, 6.07) is 9.50.